The number of para-hydroxylation sites is 1. The topological polar surface area (TPSA) is 53.0 Å². The highest BCUT2D eigenvalue weighted by Crippen LogP contribution is 2.12. The van der Waals surface area contributed by atoms with E-state index in [0.717, 1.165) is 19.6 Å². The molecule has 0 radical (unpaired) electrons. The fourth-order valence-electron chi connectivity index (χ4n) is 2.26. The predicted octanol–water partition coefficient (Wildman–Crippen LogP) is 2.83. The molecular formula is C19H24N2O3. The van der Waals surface area contributed by atoms with Crippen LogP contribution < -0.4 is 9.64 Å². The third kappa shape index (κ3) is 5.59. The lowest BCUT2D eigenvalue weighted by atomic mass is 10.2. The van der Waals surface area contributed by atoms with E-state index >= 15 is 0 Å². The Kier molecular flexibility index (Phi) is 6.63. The number of hydrogen-bond donors (Lipinski definition) is 1. The van der Waals surface area contributed by atoms with Gasteiger partial charge in [-0.2, -0.15) is 0 Å². The minimum absolute atomic E-state index is 0.267. The monoisotopic (exact) mass is 328 g/mol. The van der Waals surface area contributed by atoms with Crippen LogP contribution >= 0.6 is 0 Å². The molecule has 0 aromatic heterocycles. The van der Waals surface area contributed by atoms with Gasteiger partial charge >= 0.3 is 5.97 Å². The number of carbonyl (C=O) groups is 1. The van der Waals surface area contributed by atoms with Crippen LogP contribution in [-0.4, -0.2) is 56.3 Å². The van der Waals surface area contributed by atoms with Gasteiger partial charge in [0, 0.05) is 32.4 Å². The number of anilines is 1. The molecule has 5 heteroatoms. The van der Waals surface area contributed by atoms with E-state index in [9.17, 15) is 4.79 Å². The van der Waals surface area contributed by atoms with Gasteiger partial charge in [0.05, 0.1) is 5.56 Å². The number of ether oxygens (including phenoxy) is 1. The minimum Gasteiger partial charge on any atom is -0.492 e. The number of aromatic carboxylic acids is 1. The second kappa shape index (κ2) is 8.93. The summed E-state index contributed by atoms with van der Waals surface area (Å²) in [5.74, 6) is -0.237. The number of carboxylic acid groups (broad SMARTS) is 1. The van der Waals surface area contributed by atoms with Crippen LogP contribution in [0.2, 0.25) is 0 Å². The fraction of sp³-hybridized carbons (Fsp3) is 0.316. The van der Waals surface area contributed by atoms with Crippen molar-refractivity contribution >= 4 is 11.7 Å². The molecule has 0 heterocycles. The van der Waals surface area contributed by atoms with Crippen LogP contribution in [0.3, 0.4) is 0 Å². The molecule has 1 N–H and O–H groups in total. The molecule has 0 aliphatic carbocycles. The van der Waals surface area contributed by atoms with Crippen molar-refractivity contribution in [1.29, 1.82) is 0 Å². The molecule has 2 rings (SSSR count). The molecule has 2 aromatic carbocycles. The summed E-state index contributed by atoms with van der Waals surface area (Å²) in [5.41, 5.74) is 1.48. The Labute approximate surface area is 143 Å². The normalized spacial score (nSPS) is 10.6. The summed E-state index contributed by atoms with van der Waals surface area (Å²) < 4.78 is 5.65. The molecule has 0 unspecified atom stereocenters. The number of likely N-dealkylation sites (N-methyl/N-ethyl adjacent to an activating group) is 2. The summed E-state index contributed by atoms with van der Waals surface area (Å²) in [5, 5.41) is 8.86. The standard InChI is InChI=1S/C19H24N2O3/c1-20(12-13-21(2)17-6-4-3-5-7-17)14-15-24-18-10-8-16(9-11-18)19(22)23/h3-11H,12-15H2,1-2H3,(H,22,23). The molecule has 5 nitrogen and oxygen atoms in total. The quantitative estimate of drug-likeness (QED) is 0.767. The Morgan fingerprint density at radius 1 is 0.958 bits per heavy atom. The van der Waals surface area contributed by atoms with Gasteiger partial charge in [-0.25, -0.2) is 4.79 Å². The molecule has 0 bridgehead atoms. The van der Waals surface area contributed by atoms with Crippen molar-refractivity contribution < 1.29 is 14.6 Å². The van der Waals surface area contributed by atoms with Crippen molar-refractivity contribution in [1.82, 2.24) is 4.90 Å². The highest BCUT2D eigenvalue weighted by Gasteiger charge is 2.05. The molecule has 0 aliphatic rings. The molecule has 0 fully saturated rings. The molecule has 24 heavy (non-hydrogen) atoms. The Balaban J connectivity index is 1.67. The van der Waals surface area contributed by atoms with Crippen LogP contribution in [0.4, 0.5) is 5.69 Å². The maximum Gasteiger partial charge on any atom is 0.335 e. The van der Waals surface area contributed by atoms with Gasteiger partial charge < -0.3 is 19.6 Å². The van der Waals surface area contributed by atoms with Crippen LogP contribution in [-0.2, 0) is 0 Å². The Bertz CT molecular complexity index is 629. The van der Waals surface area contributed by atoms with Gasteiger partial charge in [0.25, 0.3) is 0 Å². The van der Waals surface area contributed by atoms with Gasteiger partial charge in [-0.15, -0.1) is 0 Å². The van der Waals surface area contributed by atoms with E-state index in [1.54, 1.807) is 24.3 Å². The lowest BCUT2D eigenvalue weighted by Crippen LogP contribution is -2.33. The Morgan fingerprint density at radius 3 is 2.25 bits per heavy atom. The summed E-state index contributed by atoms with van der Waals surface area (Å²) in [6.45, 7) is 3.25. The van der Waals surface area contributed by atoms with Crippen molar-refractivity contribution in [3.8, 4) is 5.75 Å². The van der Waals surface area contributed by atoms with Crippen molar-refractivity contribution in [3.05, 3.63) is 60.2 Å². The average Bonchev–Trinajstić information content (AvgIpc) is 2.61. The molecule has 0 saturated carbocycles. The van der Waals surface area contributed by atoms with Gasteiger partial charge in [0.2, 0.25) is 0 Å². The lowest BCUT2D eigenvalue weighted by Gasteiger charge is -2.23. The van der Waals surface area contributed by atoms with E-state index in [1.165, 1.54) is 5.69 Å². The van der Waals surface area contributed by atoms with E-state index < -0.39 is 5.97 Å². The fourth-order valence-corrected chi connectivity index (χ4v) is 2.26. The highest BCUT2D eigenvalue weighted by atomic mass is 16.5. The number of nitrogens with zero attached hydrogens (tertiary/aromatic N) is 2. The third-order valence-electron chi connectivity index (χ3n) is 3.86. The second-order valence-electron chi connectivity index (χ2n) is 5.74. The van der Waals surface area contributed by atoms with E-state index in [4.69, 9.17) is 9.84 Å². The number of rotatable bonds is 9. The molecule has 0 amide bonds. The van der Waals surface area contributed by atoms with Gasteiger partial charge in [-0.3, -0.25) is 0 Å². The predicted molar refractivity (Wildman–Crippen MR) is 96.1 cm³/mol. The maximum atomic E-state index is 10.8. The first-order chi connectivity index (χ1) is 11.6. The van der Waals surface area contributed by atoms with E-state index in [2.05, 4.69) is 36.0 Å². The van der Waals surface area contributed by atoms with E-state index in [-0.39, 0.29) is 5.56 Å². The van der Waals surface area contributed by atoms with Crippen LogP contribution in [0.15, 0.2) is 54.6 Å². The highest BCUT2D eigenvalue weighted by molar-refractivity contribution is 5.87. The van der Waals surface area contributed by atoms with Crippen molar-refractivity contribution in [2.75, 3.05) is 45.2 Å². The van der Waals surface area contributed by atoms with Gasteiger partial charge in [-0.1, -0.05) is 18.2 Å². The SMILES string of the molecule is CN(CCOc1ccc(C(=O)O)cc1)CCN(C)c1ccccc1. The maximum absolute atomic E-state index is 10.8. The van der Waals surface area contributed by atoms with Gasteiger partial charge in [0.1, 0.15) is 12.4 Å². The zero-order valence-electron chi connectivity index (χ0n) is 14.2. The van der Waals surface area contributed by atoms with E-state index in [1.807, 2.05) is 18.2 Å². The van der Waals surface area contributed by atoms with Crippen LogP contribution in [0.5, 0.6) is 5.75 Å². The first-order valence-corrected chi connectivity index (χ1v) is 7.97. The number of carboxylic acids is 1. The van der Waals surface area contributed by atoms with Gasteiger partial charge in [-0.05, 0) is 43.4 Å². The molecule has 128 valence electrons. The summed E-state index contributed by atoms with van der Waals surface area (Å²) >= 11 is 0. The Morgan fingerprint density at radius 2 is 1.62 bits per heavy atom. The zero-order valence-corrected chi connectivity index (χ0v) is 14.2. The van der Waals surface area contributed by atoms with Crippen molar-refractivity contribution in [3.63, 3.8) is 0 Å². The lowest BCUT2D eigenvalue weighted by molar-refractivity contribution is 0.0697. The zero-order chi connectivity index (χ0) is 17.4. The first-order valence-electron chi connectivity index (χ1n) is 7.97. The number of benzene rings is 2. The number of hydrogen-bond acceptors (Lipinski definition) is 4. The largest absolute Gasteiger partial charge is 0.492 e. The first kappa shape index (κ1) is 17.8. The summed E-state index contributed by atoms with van der Waals surface area (Å²) in [4.78, 5) is 15.2. The van der Waals surface area contributed by atoms with Crippen molar-refractivity contribution in [2.45, 2.75) is 0 Å². The van der Waals surface area contributed by atoms with Crippen LogP contribution in [0.25, 0.3) is 0 Å². The summed E-state index contributed by atoms with van der Waals surface area (Å²) in [6.07, 6.45) is 0. The van der Waals surface area contributed by atoms with Gasteiger partial charge in [0.15, 0.2) is 0 Å². The Hall–Kier alpha value is -2.53. The molecule has 0 spiro atoms. The molecule has 0 saturated heterocycles. The summed E-state index contributed by atoms with van der Waals surface area (Å²) in [6, 6.07) is 16.8. The summed E-state index contributed by atoms with van der Waals surface area (Å²) in [7, 11) is 4.15. The smallest absolute Gasteiger partial charge is 0.335 e. The van der Waals surface area contributed by atoms with E-state index in [0.29, 0.717) is 12.4 Å². The van der Waals surface area contributed by atoms with Crippen LogP contribution in [0.1, 0.15) is 10.4 Å². The molecule has 2 aromatic rings. The van der Waals surface area contributed by atoms with Crippen molar-refractivity contribution in [2.24, 2.45) is 0 Å². The third-order valence-corrected chi connectivity index (χ3v) is 3.86. The molecule has 0 atom stereocenters. The second-order valence-corrected chi connectivity index (χ2v) is 5.74. The molecule has 0 aliphatic heterocycles. The molecular weight excluding hydrogens is 304 g/mol. The average molecular weight is 328 g/mol. The van der Waals surface area contributed by atoms with Crippen LogP contribution in [0, 0.1) is 0 Å². The minimum atomic E-state index is -0.927.